The molecule has 0 radical (unpaired) electrons. The molecule has 2 aromatic rings. The molecule has 0 aliphatic carbocycles. The minimum atomic E-state index is 0.978. The maximum Gasteiger partial charge on any atom is 0.0340 e. The summed E-state index contributed by atoms with van der Waals surface area (Å²) < 4.78 is 0. The quantitative estimate of drug-likeness (QED) is 0.811. The standard InChI is InChI=1S/C15H17N/c1-3-10-16-12(2)14-9-8-13-6-4-5-7-15(13)11-14/h4-9,11,16H,2-3,10H2,1H3. The largest absolute Gasteiger partial charge is 0.385 e. The number of hydrogen-bond acceptors (Lipinski definition) is 1. The van der Waals surface area contributed by atoms with Gasteiger partial charge in [-0.1, -0.05) is 49.9 Å². The third-order valence-electron chi connectivity index (χ3n) is 2.69. The van der Waals surface area contributed by atoms with Crippen LogP contribution < -0.4 is 5.32 Å². The van der Waals surface area contributed by atoms with E-state index in [9.17, 15) is 0 Å². The monoisotopic (exact) mass is 211 g/mol. The molecule has 0 amide bonds. The maximum atomic E-state index is 4.06. The van der Waals surface area contributed by atoms with Gasteiger partial charge in [0.05, 0.1) is 0 Å². The molecule has 0 unspecified atom stereocenters. The lowest BCUT2D eigenvalue weighted by molar-refractivity contribution is 0.825. The third kappa shape index (κ3) is 2.25. The maximum absolute atomic E-state index is 4.06. The Balaban J connectivity index is 2.28. The zero-order valence-corrected chi connectivity index (χ0v) is 9.66. The van der Waals surface area contributed by atoms with Crippen LogP contribution >= 0.6 is 0 Å². The lowest BCUT2D eigenvalue weighted by Gasteiger charge is -2.09. The van der Waals surface area contributed by atoms with E-state index in [2.05, 4.69) is 61.3 Å². The van der Waals surface area contributed by atoms with Crippen molar-refractivity contribution in [2.75, 3.05) is 6.54 Å². The van der Waals surface area contributed by atoms with Crippen LogP contribution in [0.4, 0.5) is 0 Å². The molecular formula is C15H17N. The van der Waals surface area contributed by atoms with Gasteiger partial charge in [-0.3, -0.25) is 0 Å². The molecule has 1 heteroatoms. The van der Waals surface area contributed by atoms with Gasteiger partial charge in [0.1, 0.15) is 0 Å². The first-order chi connectivity index (χ1) is 7.81. The van der Waals surface area contributed by atoms with E-state index in [1.165, 1.54) is 16.3 Å². The van der Waals surface area contributed by atoms with Crippen LogP contribution in [0.5, 0.6) is 0 Å². The van der Waals surface area contributed by atoms with Crippen molar-refractivity contribution in [2.45, 2.75) is 13.3 Å². The normalized spacial score (nSPS) is 10.3. The summed E-state index contributed by atoms with van der Waals surface area (Å²) in [5.41, 5.74) is 2.18. The molecular weight excluding hydrogens is 194 g/mol. The molecule has 16 heavy (non-hydrogen) atoms. The second kappa shape index (κ2) is 4.84. The summed E-state index contributed by atoms with van der Waals surface area (Å²) in [7, 11) is 0. The molecule has 1 N–H and O–H groups in total. The van der Waals surface area contributed by atoms with Crippen molar-refractivity contribution >= 4 is 16.5 Å². The Hall–Kier alpha value is -1.76. The van der Waals surface area contributed by atoms with E-state index in [-0.39, 0.29) is 0 Å². The van der Waals surface area contributed by atoms with Crippen molar-refractivity contribution in [1.82, 2.24) is 5.32 Å². The first kappa shape index (κ1) is 10.7. The second-order valence-corrected chi connectivity index (χ2v) is 3.97. The summed E-state index contributed by atoms with van der Waals surface area (Å²) in [5.74, 6) is 0. The third-order valence-corrected chi connectivity index (χ3v) is 2.69. The number of benzene rings is 2. The Morgan fingerprint density at radius 3 is 2.62 bits per heavy atom. The topological polar surface area (TPSA) is 12.0 Å². The predicted molar refractivity (Wildman–Crippen MR) is 71.3 cm³/mol. The highest BCUT2D eigenvalue weighted by molar-refractivity contribution is 5.85. The van der Waals surface area contributed by atoms with Gasteiger partial charge < -0.3 is 5.32 Å². The van der Waals surface area contributed by atoms with E-state index in [1.54, 1.807) is 0 Å². The molecule has 0 fully saturated rings. The lowest BCUT2D eigenvalue weighted by atomic mass is 10.1. The molecule has 0 bridgehead atoms. The number of hydrogen-bond donors (Lipinski definition) is 1. The molecule has 2 aromatic carbocycles. The van der Waals surface area contributed by atoms with Crippen LogP contribution in [-0.4, -0.2) is 6.54 Å². The van der Waals surface area contributed by atoms with Gasteiger partial charge in [0.15, 0.2) is 0 Å². The minimum Gasteiger partial charge on any atom is -0.385 e. The van der Waals surface area contributed by atoms with Crippen molar-refractivity contribution in [1.29, 1.82) is 0 Å². The van der Waals surface area contributed by atoms with Gasteiger partial charge >= 0.3 is 0 Å². The Morgan fingerprint density at radius 1 is 1.12 bits per heavy atom. The van der Waals surface area contributed by atoms with Crippen LogP contribution in [0.25, 0.3) is 16.5 Å². The summed E-state index contributed by atoms with van der Waals surface area (Å²) in [5, 5.41) is 5.85. The van der Waals surface area contributed by atoms with Crippen LogP contribution in [-0.2, 0) is 0 Å². The number of nitrogens with one attached hydrogen (secondary N) is 1. The summed E-state index contributed by atoms with van der Waals surface area (Å²) in [6, 6.07) is 14.8. The van der Waals surface area contributed by atoms with Crippen LogP contribution in [0.2, 0.25) is 0 Å². The predicted octanol–water partition coefficient (Wildman–Crippen LogP) is 3.81. The van der Waals surface area contributed by atoms with Gasteiger partial charge in [0.25, 0.3) is 0 Å². The molecule has 0 atom stereocenters. The molecule has 2 rings (SSSR count). The van der Waals surface area contributed by atoms with Crippen molar-refractivity contribution in [3.05, 3.63) is 54.6 Å². The van der Waals surface area contributed by atoms with E-state index in [0.717, 1.165) is 18.7 Å². The second-order valence-electron chi connectivity index (χ2n) is 3.97. The van der Waals surface area contributed by atoms with Crippen molar-refractivity contribution in [2.24, 2.45) is 0 Å². The first-order valence-electron chi connectivity index (χ1n) is 5.73. The van der Waals surface area contributed by atoms with Crippen molar-refractivity contribution in [3.8, 4) is 0 Å². The van der Waals surface area contributed by atoms with Crippen LogP contribution in [0.15, 0.2) is 49.0 Å². The Kier molecular flexibility index (Phi) is 3.25. The minimum absolute atomic E-state index is 0.978. The highest BCUT2D eigenvalue weighted by Crippen LogP contribution is 2.18. The van der Waals surface area contributed by atoms with Gasteiger partial charge in [-0.15, -0.1) is 0 Å². The molecule has 0 aliphatic heterocycles. The highest BCUT2D eigenvalue weighted by Gasteiger charge is 1.99. The molecule has 1 nitrogen and oxygen atoms in total. The van der Waals surface area contributed by atoms with Crippen LogP contribution in [0, 0.1) is 0 Å². The zero-order chi connectivity index (χ0) is 11.4. The Labute approximate surface area is 96.8 Å². The van der Waals surface area contributed by atoms with E-state index >= 15 is 0 Å². The molecule has 0 spiro atoms. The molecule has 0 aliphatic rings. The molecule has 0 heterocycles. The summed E-state index contributed by atoms with van der Waals surface area (Å²) >= 11 is 0. The zero-order valence-electron chi connectivity index (χ0n) is 9.66. The van der Waals surface area contributed by atoms with Gasteiger partial charge in [0, 0.05) is 12.2 Å². The SMILES string of the molecule is C=C(NCCC)c1ccc2ccccc2c1. The number of fused-ring (bicyclic) bond motifs is 1. The fraction of sp³-hybridized carbons (Fsp3) is 0.200. The van der Waals surface area contributed by atoms with Gasteiger partial charge in [-0.05, 0) is 28.8 Å². The highest BCUT2D eigenvalue weighted by atomic mass is 14.9. The smallest absolute Gasteiger partial charge is 0.0340 e. The van der Waals surface area contributed by atoms with Crippen molar-refractivity contribution in [3.63, 3.8) is 0 Å². The fourth-order valence-electron chi connectivity index (χ4n) is 1.75. The van der Waals surface area contributed by atoms with E-state index < -0.39 is 0 Å². The summed E-state index contributed by atoms with van der Waals surface area (Å²) in [4.78, 5) is 0. The average Bonchev–Trinajstić information content (AvgIpc) is 2.35. The van der Waals surface area contributed by atoms with Gasteiger partial charge in [0.2, 0.25) is 0 Å². The molecule has 0 saturated carbocycles. The fourth-order valence-corrected chi connectivity index (χ4v) is 1.75. The van der Waals surface area contributed by atoms with Crippen LogP contribution in [0.3, 0.4) is 0 Å². The lowest BCUT2D eigenvalue weighted by Crippen LogP contribution is -2.11. The number of rotatable bonds is 4. The van der Waals surface area contributed by atoms with Crippen LogP contribution in [0.1, 0.15) is 18.9 Å². The van der Waals surface area contributed by atoms with E-state index in [1.807, 2.05) is 0 Å². The van der Waals surface area contributed by atoms with Crippen molar-refractivity contribution < 1.29 is 0 Å². The molecule has 0 saturated heterocycles. The molecule has 0 aromatic heterocycles. The van der Waals surface area contributed by atoms with Gasteiger partial charge in [-0.2, -0.15) is 0 Å². The molecule has 82 valence electrons. The van der Waals surface area contributed by atoms with E-state index in [0.29, 0.717) is 0 Å². The summed E-state index contributed by atoms with van der Waals surface area (Å²) in [6.07, 6.45) is 1.12. The Morgan fingerprint density at radius 2 is 1.88 bits per heavy atom. The summed E-state index contributed by atoms with van der Waals surface area (Å²) in [6.45, 7) is 7.19. The first-order valence-corrected chi connectivity index (χ1v) is 5.73. The van der Waals surface area contributed by atoms with Gasteiger partial charge in [-0.25, -0.2) is 0 Å². The average molecular weight is 211 g/mol. The Bertz CT molecular complexity index is 500. The van der Waals surface area contributed by atoms with E-state index in [4.69, 9.17) is 0 Å².